The largest absolute Gasteiger partial charge is 0.349 e. The number of amides is 2. The normalized spacial score (nSPS) is 16.1. The van der Waals surface area contributed by atoms with Crippen molar-refractivity contribution in [3.8, 4) is 0 Å². The molecule has 23 heavy (non-hydrogen) atoms. The SMILES string of the molecule is O=C(NC1CC1)c1cccc(C(=O)N2CCc3ccccc32)c1. The van der Waals surface area contributed by atoms with E-state index in [1.54, 1.807) is 29.2 Å². The van der Waals surface area contributed by atoms with Gasteiger partial charge < -0.3 is 10.2 Å². The van der Waals surface area contributed by atoms with Crippen LogP contribution in [0.4, 0.5) is 5.69 Å². The number of hydrogen-bond acceptors (Lipinski definition) is 2. The summed E-state index contributed by atoms with van der Waals surface area (Å²) in [6.07, 6.45) is 2.98. The second-order valence-electron chi connectivity index (χ2n) is 6.16. The van der Waals surface area contributed by atoms with Crippen LogP contribution in [0.2, 0.25) is 0 Å². The molecule has 116 valence electrons. The second kappa shape index (κ2) is 5.54. The number of carbonyl (C=O) groups excluding carboxylic acids is 2. The summed E-state index contributed by atoms with van der Waals surface area (Å²) in [6, 6.07) is 15.3. The molecule has 4 nitrogen and oxygen atoms in total. The maximum atomic E-state index is 12.8. The van der Waals surface area contributed by atoms with Gasteiger partial charge in [0.2, 0.25) is 0 Å². The molecule has 1 heterocycles. The van der Waals surface area contributed by atoms with Crippen LogP contribution < -0.4 is 10.2 Å². The predicted octanol–water partition coefficient (Wildman–Crippen LogP) is 2.78. The molecule has 1 fully saturated rings. The first-order valence-corrected chi connectivity index (χ1v) is 8.03. The van der Waals surface area contributed by atoms with Crippen molar-refractivity contribution in [2.45, 2.75) is 25.3 Å². The number of carbonyl (C=O) groups is 2. The van der Waals surface area contributed by atoms with Gasteiger partial charge in [0, 0.05) is 29.4 Å². The second-order valence-corrected chi connectivity index (χ2v) is 6.16. The molecule has 2 aromatic rings. The molecule has 0 spiro atoms. The molecule has 1 aliphatic carbocycles. The molecule has 4 heteroatoms. The maximum absolute atomic E-state index is 12.8. The quantitative estimate of drug-likeness (QED) is 0.948. The first kappa shape index (κ1) is 14.0. The molecule has 1 N–H and O–H groups in total. The number of fused-ring (bicyclic) bond motifs is 1. The highest BCUT2D eigenvalue weighted by Crippen LogP contribution is 2.29. The number of rotatable bonds is 3. The van der Waals surface area contributed by atoms with E-state index in [2.05, 4.69) is 11.4 Å². The molecule has 0 aromatic heterocycles. The standard InChI is InChI=1S/C19H18N2O2/c22-18(20-16-8-9-16)14-5-3-6-15(12-14)19(23)21-11-10-13-4-1-2-7-17(13)21/h1-7,12,16H,8-11H2,(H,20,22). The molecule has 0 bridgehead atoms. The van der Waals surface area contributed by atoms with E-state index >= 15 is 0 Å². The van der Waals surface area contributed by atoms with Crippen molar-refractivity contribution < 1.29 is 9.59 Å². The molecule has 0 saturated heterocycles. The molecular formula is C19H18N2O2. The van der Waals surface area contributed by atoms with Gasteiger partial charge >= 0.3 is 0 Å². The van der Waals surface area contributed by atoms with Gasteiger partial charge in [-0.3, -0.25) is 9.59 Å². The minimum atomic E-state index is -0.0935. The van der Waals surface area contributed by atoms with Crippen molar-refractivity contribution >= 4 is 17.5 Å². The van der Waals surface area contributed by atoms with E-state index in [1.165, 1.54) is 5.56 Å². The van der Waals surface area contributed by atoms with E-state index in [9.17, 15) is 9.59 Å². The fraction of sp³-hybridized carbons (Fsp3) is 0.263. The van der Waals surface area contributed by atoms with E-state index in [-0.39, 0.29) is 11.8 Å². The van der Waals surface area contributed by atoms with Crippen LogP contribution in [0.3, 0.4) is 0 Å². The van der Waals surface area contributed by atoms with Crippen LogP contribution in [0.5, 0.6) is 0 Å². The van der Waals surface area contributed by atoms with Crippen molar-refractivity contribution in [3.05, 3.63) is 65.2 Å². The van der Waals surface area contributed by atoms with Gasteiger partial charge in [0.1, 0.15) is 0 Å². The minimum Gasteiger partial charge on any atom is -0.349 e. The molecule has 1 saturated carbocycles. The Hall–Kier alpha value is -2.62. The Morgan fingerprint density at radius 3 is 2.61 bits per heavy atom. The molecule has 2 amide bonds. The lowest BCUT2D eigenvalue weighted by Crippen LogP contribution is -2.29. The average molecular weight is 306 g/mol. The third-order valence-corrected chi connectivity index (χ3v) is 4.42. The Kier molecular flexibility index (Phi) is 3.37. The zero-order valence-corrected chi connectivity index (χ0v) is 12.8. The topological polar surface area (TPSA) is 49.4 Å². The van der Waals surface area contributed by atoms with Crippen LogP contribution in [0.25, 0.3) is 0 Å². The van der Waals surface area contributed by atoms with Crippen molar-refractivity contribution in [3.63, 3.8) is 0 Å². The third kappa shape index (κ3) is 2.72. The molecular weight excluding hydrogens is 288 g/mol. The molecule has 2 aliphatic rings. The number of nitrogens with one attached hydrogen (secondary N) is 1. The Labute approximate surface area is 135 Å². The Morgan fingerprint density at radius 1 is 1.00 bits per heavy atom. The van der Waals surface area contributed by atoms with Gasteiger partial charge in [-0.1, -0.05) is 24.3 Å². The molecule has 2 aromatic carbocycles. The summed E-state index contributed by atoms with van der Waals surface area (Å²) in [5, 5.41) is 2.96. The Bertz CT molecular complexity index is 780. The predicted molar refractivity (Wildman–Crippen MR) is 88.8 cm³/mol. The molecule has 1 aliphatic heterocycles. The first-order chi connectivity index (χ1) is 11.2. The summed E-state index contributed by atoms with van der Waals surface area (Å²) in [4.78, 5) is 26.8. The smallest absolute Gasteiger partial charge is 0.258 e. The van der Waals surface area contributed by atoms with Gasteiger partial charge in [0.25, 0.3) is 11.8 Å². The lowest BCUT2D eigenvalue weighted by molar-refractivity contribution is 0.0951. The number of anilines is 1. The van der Waals surface area contributed by atoms with Crippen molar-refractivity contribution in [2.75, 3.05) is 11.4 Å². The summed E-state index contributed by atoms with van der Waals surface area (Å²) in [6.45, 7) is 0.691. The zero-order valence-electron chi connectivity index (χ0n) is 12.8. The van der Waals surface area contributed by atoms with Crippen molar-refractivity contribution in [1.82, 2.24) is 5.32 Å². The fourth-order valence-corrected chi connectivity index (χ4v) is 2.99. The highest BCUT2D eigenvalue weighted by molar-refractivity contribution is 6.08. The Morgan fingerprint density at radius 2 is 1.78 bits per heavy atom. The highest BCUT2D eigenvalue weighted by Gasteiger charge is 2.26. The van der Waals surface area contributed by atoms with E-state index < -0.39 is 0 Å². The van der Waals surface area contributed by atoms with Gasteiger partial charge in [0.05, 0.1) is 0 Å². The van der Waals surface area contributed by atoms with Crippen LogP contribution in [-0.2, 0) is 6.42 Å². The van der Waals surface area contributed by atoms with Crippen LogP contribution in [0.15, 0.2) is 48.5 Å². The molecule has 0 atom stereocenters. The number of benzene rings is 2. The summed E-state index contributed by atoms with van der Waals surface area (Å²) >= 11 is 0. The van der Waals surface area contributed by atoms with E-state index in [0.717, 1.165) is 24.9 Å². The average Bonchev–Trinajstić information content (AvgIpc) is 3.30. The summed E-state index contributed by atoms with van der Waals surface area (Å²) in [7, 11) is 0. The molecule has 0 unspecified atom stereocenters. The Balaban J connectivity index is 1.58. The highest BCUT2D eigenvalue weighted by atomic mass is 16.2. The summed E-state index contributed by atoms with van der Waals surface area (Å²) < 4.78 is 0. The first-order valence-electron chi connectivity index (χ1n) is 8.03. The zero-order chi connectivity index (χ0) is 15.8. The summed E-state index contributed by atoms with van der Waals surface area (Å²) in [5.74, 6) is -0.139. The molecule has 4 rings (SSSR count). The van der Waals surface area contributed by atoms with Crippen LogP contribution >= 0.6 is 0 Å². The number of para-hydroxylation sites is 1. The van der Waals surface area contributed by atoms with Crippen LogP contribution in [0, 0.1) is 0 Å². The maximum Gasteiger partial charge on any atom is 0.258 e. The number of nitrogens with zero attached hydrogens (tertiary/aromatic N) is 1. The third-order valence-electron chi connectivity index (χ3n) is 4.42. The van der Waals surface area contributed by atoms with E-state index in [1.807, 2.05) is 18.2 Å². The minimum absolute atomic E-state index is 0.0454. The van der Waals surface area contributed by atoms with E-state index in [4.69, 9.17) is 0 Å². The lowest BCUT2D eigenvalue weighted by Gasteiger charge is -2.17. The fourth-order valence-electron chi connectivity index (χ4n) is 2.99. The number of hydrogen-bond donors (Lipinski definition) is 1. The monoisotopic (exact) mass is 306 g/mol. The van der Waals surface area contributed by atoms with E-state index in [0.29, 0.717) is 23.7 Å². The van der Waals surface area contributed by atoms with Crippen molar-refractivity contribution in [2.24, 2.45) is 0 Å². The van der Waals surface area contributed by atoms with Gasteiger partial charge in [0.15, 0.2) is 0 Å². The van der Waals surface area contributed by atoms with Gasteiger partial charge in [-0.2, -0.15) is 0 Å². The molecule has 0 radical (unpaired) electrons. The van der Waals surface area contributed by atoms with Gasteiger partial charge in [-0.15, -0.1) is 0 Å². The van der Waals surface area contributed by atoms with Gasteiger partial charge in [-0.05, 0) is 49.1 Å². The van der Waals surface area contributed by atoms with Crippen LogP contribution in [0.1, 0.15) is 39.1 Å². The van der Waals surface area contributed by atoms with Crippen molar-refractivity contribution in [1.29, 1.82) is 0 Å². The van der Waals surface area contributed by atoms with Gasteiger partial charge in [-0.25, -0.2) is 0 Å². The van der Waals surface area contributed by atoms with Crippen LogP contribution in [-0.4, -0.2) is 24.4 Å². The lowest BCUT2D eigenvalue weighted by atomic mass is 10.1. The summed E-state index contributed by atoms with van der Waals surface area (Å²) in [5.41, 5.74) is 3.29.